The summed E-state index contributed by atoms with van der Waals surface area (Å²) in [4.78, 5) is 6.35. The van der Waals surface area contributed by atoms with Crippen LogP contribution in [0.3, 0.4) is 0 Å². The Bertz CT molecular complexity index is 574. The van der Waals surface area contributed by atoms with E-state index in [0.717, 1.165) is 22.1 Å². The Morgan fingerprint density at radius 1 is 1.00 bits per heavy atom. The van der Waals surface area contributed by atoms with Crippen LogP contribution < -0.4 is 5.73 Å². The van der Waals surface area contributed by atoms with Crippen LogP contribution in [0.5, 0.6) is 0 Å². The molecule has 0 saturated carbocycles. The van der Waals surface area contributed by atoms with Gasteiger partial charge in [0.2, 0.25) is 0 Å². The number of nitrogen functional groups attached to an aromatic ring is 1. The van der Waals surface area contributed by atoms with E-state index in [0.29, 0.717) is 0 Å². The smallest absolute Gasteiger partial charge is 0.0720 e. The number of aromatic amines is 2. The van der Waals surface area contributed by atoms with Crippen LogP contribution in [-0.2, 0) is 0 Å². The summed E-state index contributed by atoms with van der Waals surface area (Å²) in [5.74, 6) is 0. The number of benzene rings is 1. The molecule has 3 rings (SSSR count). The van der Waals surface area contributed by atoms with Crippen LogP contribution in [0, 0.1) is 0 Å². The largest absolute Gasteiger partial charge is 0.397 e. The van der Waals surface area contributed by atoms with Crippen molar-refractivity contribution in [2.45, 2.75) is 0 Å². The van der Waals surface area contributed by atoms with Crippen molar-refractivity contribution in [3.8, 4) is 0 Å². The third kappa shape index (κ3) is 0.731. The van der Waals surface area contributed by atoms with E-state index in [9.17, 15) is 0 Å². The van der Waals surface area contributed by atoms with Gasteiger partial charge in [0.15, 0.2) is 0 Å². The van der Waals surface area contributed by atoms with Gasteiger partial charge in [0.1, 0.15) is 0 Å². The van der Waals surface area contributed by atoms with Crippen LogP contribution in [0.4, 0.5) is 5.69 Å². The molecule has 3 nitrogen and oxygen atoms in total. The van der Waals surface area contributed by atoms with Crippen molar-refractivity contribution in [2.24, 2.45) is 0 Å². The minimum atomic E-state index is 0.798. The highest BCUT2D eigenvalue weighted by molar-refractivity contribution is 6.07. The van der Waals surface area contributed by atoms with Crippen molar-refractivity contribution in [3.63, 3.8) is 0 Å². The molecular weight excluding hydrogens is 162 g/mol. The maximum absolute atomic E-state index is 5.79. The first-order valence-electron chi connectivity index (χ1n) is 4.19. The average Bonchev–Trinajstić information content (AvgIpc) is 2.70. The normalized spacial score (nSPS) is 11.4. The lowest BCUT2D eigenvalue weighted by molar-refractivity contribution is 1.44. The first-order valence-corrected chi connectivity index (χ1v) is 4.19. The van der Waals surface area contributed by atoms with Gasteiger partial charge in [-0.05, 0) is 6.07 Å². The van der Waals surface area contributed by atoms with Crippen LogP contribution >= 0.6 is 0 Å². The van der Waals surface area contributed by atoms with E-state index in [1.807, 2.05) is 24.5 Å². The highest BCUT2D eigenvalue weighted by atomic mass is 14.8. The zero-order chi connectivity index (χ0) is 8.84. The summed E-state index contributed by atoms with van der Waals surface area (Å²) in [6, 6.07) is 6.15. The van der Waals surface area contributed by atoms with Crippen LogP contribution in [0.2, 0.25) is 0 Å². The van der Waals surface area contributed by atoms with E-state index in [1.54, 1.807) is 0 Å². The van der Waals surface area contributed by atoms with Gasteiger partial charge >= 0.3 is 0 Å². The van der Waals surface area contributed by atoms with Gasteiger partial charge in [-0.2, -0.15) is 0 Å². The van der Waals surface area contributed by atoms with Crippen LogP contribution in [0.25, 0.3) is 21.8 Å². The highest BCUT2D eigenvalue weighted by Crippen LogP contribution is 2.26. The molecule has 0 saturated heterocycles. The summed E-state index contributed by atoms with van der Waals surface area (Å²) in [7, 11) is 0. The molecule has 13 heavy (non-hydrogen) atoms. The predicted molar refractivity (Wildman–Crippen MR) is 54.6 cm³/mol. The fourth-order valence-corrected chi connectivity index (χ4v) is 1.75. The fraction of sp³-hybridized carbons (Fsp3) is 0. The van der Waals surface area contributed by atoms with Gasteiger partial charge in [0.25, 0.3) is 0 Å². The number of H-pyrrole nitrogens is 2. The van der Waals surface area contributed by atoms with Crippen molar-refractivity contribution in [1.29, 1.82) is 0 Å². The molecule has 0 aliphatic rings. The lowest BCUT2D eigenvalue weighted by Gasteiger charge is -1.93. The lowest BCUT2D eigenvalue weighted by atomic mass is 10.2. The fourth-order valence-electron chi connectivity index (χ4n) is 1.75. The number of fused-ring (bicyclic) bond motifs is 3. The Morgan fingerprint density at radius 2 is 1.92 bits per heavy atom. The summed E-state index contributed by atoms with van der Waals surface area (Å²) >= 11 is 0. The number of nitrogens with one attached hydrogen (secondary N) is 2. The predicted octanol–water partition coefficient (Wildman–Crippen LogP) is 2.23. The standard InChI is InChI=1S/C10H9N3/c11-8-5-13-10-7(8)2-1-6-3-4-12-9(6)10/h1-5,12-13H,11H2. The van der Waals surface area contributed by atoms with E-state index in [1.165, 1.54) is 5.39 Å². The monoisotopic (exact) mass is 171 g/mol. The van der Waals surface area contributed by atoms with Gasteiger partial charge in [-0.25, -0.2) is 0 Å². The molecule has 0 aliphatic heterocycles. The summed E-state index contributed by atoms with van der Waals surface area (Å²) < 4.78 is 0. The minimum absolute atomic E-state index is 0.798. The molecule has 4 N–H and O–H groups in total. The zero-order valence-corrected chi connectivity index (χ0v) is 6.96. The molecule has 2 aromatic heterocycles. The van der Waals surface area contributed by atoms with Crippen LogP contribution in [-0.4, -0.2) is 9.97 Å². The third-order valence-corrected chi connectivity index (χ3v) is 2.41. The molecule has 0 atom stereocenters. The molecule has 1 aromatic carbocycles. The maximum atomic E-state index is 5.79. The van der Waals surface area contributed by atoms with Gasteiger partial charge in [0.05, 0.1) is 16.7 Å². The minimum Gasteiger partial charge on any atom is -0.397 e. The molecule has 0 amide bonds. The molecule has 3 heteroatoms. The van der Waals surface area contributed by atoms with Crippen molar-refractivity contribution >= 4 is 27.5 Å². The van der Waals surface area contributed by atoms with E-state index in [4.69, 9.17) is 5.73 Å². The number of hydrogen-bond donors (Lipinski definition) is 3. The molecule has 3 aromatic rings. The molecule has 0 aliphatic carbocycles. The summed E-state index contributed by atoms with van der Waals surface area (Å²) in [6.07, 6.45) is 3.76. The maximum Gasteiger partial charge on any atom is 0.0720 e. The van der Waals surface area contributed by atoms with Crippen molar-refractivity contribution in [1.82, 2.24) is 9.97 Å². The quantitative estimate of drug-likeness (QED) is 0.477. The SMILES string of the molecule is Nc1c[nH]c2c1ccc1cc[nH]c12. The number of nitrogens with two attached hydrogens (primary N) is 1. The van der Waals surface area contributed by atoms with Gasteiger partial charge < -0.3 is 15.7 Å². The zero-order valence-electron chi connectivity index (χ0n) is 6.96. The summed E-state index contributed by atoms with van der Waals surface area (Å²) in [6.45, 7) is 0. The number of anilines is 1. The molecule has 2 heterocycles. The van der Waals surface area contributed by atoms with Gasteiger partial charge in [-0.3, -0.25) is 0 Å². The Hall–Kier alpha value is -1.90. The molecule has 0 spiro atoms. The van der Waals surface area contributed by atoms with Crippen molar-refractivity contribution in [2.75, 3.05) is 5.73 Å². The van der Waals surface area contributed by atoms with Crippen LogP contribution in [0.1, 0.15) is 0 Å². The second-order valence-electron chi connectivity index (χ2n) is 3.17. The summed E-state index contributed by atoms with van der Waals surface area (Å²) in [5, 5.41) is 2.28. The van der Waals surface area contributed by atoms with Gasteiger partial charge in [-0.15, -0.1) is 0 Å². The summed E-state index contributed by atoms with van der Waals surface area (Å²) in [5.41, 5.74) is 8.79. The second-order valence-corrected chi connectivity index (χ2v) is 3.17. The third-order valence-electron chi connectivity index (χ3n) is 2.41. The Morgan fingerprint density at radius 3 is 2.85 bits per heavy atom. The molecule has 0 bridgehead atoms. The number of aromatic nitrogens is 2. The van der Waals surface area contributed by atoms with E-state index in [-0.39, 0.29) is 0 Å². The topological polar surface area (TPSA) is 57.6 Å². The molecule has 0 fully saturated rings. The van der Waals surface area contributed by atoms with E-state index in [2.05, 4.69) is 16.0 Å². The Balaban J connectivity index is 2.66. The number of hydrogen-bond acceptors (Lipinski definition) is 1. The second kappa shape index (κ2) is 2.07. The molecule has 0 unspecified atom stereocenters. The van der Waals surface area contributed by atoms with Gasteiger partial charge in [-0.1, -0.05) is 12.1 Å². The van der Waals surface area contributed by atoms with E-state index < -0.39 is 0 Å². The highest BCUT2D eigenvalue weighted by Gasteiger charge is 2.04. The van der Waals surface area contributed by atoms with Gasteiger partial charge in [0, 0.05) is 23.2 Å². The van der Waals surface area contributed by atoms with E-state index >= 15 is 0 Å². The van der Waals surface area contributed by atoms with Crippen molar-refractivity contribution in [3.05, 3.63) is 30.6 Å². The van der Waals surface area contributed by atoms with Crippen LogP contribution in [0.15, 0.2) is 30.6 Å². The lowest BCUT2D eigenvalue weighted by Crippen LogP contribution is -1.79. The average molecular weight is 171 g/mol. The first kappa shape index (κ1) is 6.60. The molecule has 0 radical (unpaired) electrons. The van der Waals surface area contributed by atoms with Crippen molar-refractivity contribution < 1.29 is 0 Å². The number of rotatable bonds is 0. The molecule has 64 valence electrons. The molecular formula is C10H9N3. The Labute approximate surface area is 74.6 Å². The first-order chi connectivity index (χ1) is 6.36. The Kier molecular flexibility index (Phi) is 1.05.